The summed E-state index contributed by atoms with van der Waals surface area (Å²) in [4.78, 5) is 0. The number of phenolic OH excluding ortho intramolecular Hbond substituents is 2. The second-order valence-corrected chi connectivity index (χ2v) is 13.6. The summed E-state index contributed by atoms with van der Waals surface area (Å²) in [6, 6.07) is 35.1. The first-order valence-corrected chi connectivity index (χ1v) is 12.8. The van der Waals surface area contributed by atoms with E-state index in [-0.39, 0.29) is 11.5 Å². The molecule has 0 spiro atoms. The summed E-state index contributed by atoms with van der Waals surface area (Å²) in [7, 11) is 0. The fourth-order valence-electron chi connectivity index (χ4n) is 3.94. The molecule has 4 aromatic carbocycles. The molecule has 0 saturated heterocycles. The van der Waals surface area contributed by atoms with Gasteiger partial charge >= 0.3 is 176 Å². The maximum absolute atomic E-state index is 10.6. The van der Waals surface area contributed by atoms with Crippen molar-refractivity contribution in [2.24, 2.45) is 0 Å². The molecule has 0 amide bonds. The van der Waals surface area contributed by atoms with Crippen molar-refractivity contribution in [2.75, 3.05) is 0 Å². The molecule has 4 aromatic rings. The van der Waals surface area contributed by atoms with Gasteiger partial charge in [-0.25, -0.2) is 0 Å². The quantitative estimate of drug-likeness (QED) is 0.431. The summed E-state index contributed by atoms with van der Waals surface area (Å²) in [5, 5.41) is 23.5. The van der Waals surface area contributed by atoms with Crippen LogP contribution in [0.15, 0.2) is 109 Å². The zero-order valence-corrected chi connectivity index (χ0v) is 17.5. The van der Waals surface area contributed by atoms with Gasteiger partial charge in [0, 0.05) is 0 Å². The van der Waals surface area contributed by atoms with Gasteiger partial charge in [0.15, 0.2) is 0 Å². The molecule has 0 aliphatic heterocycles. The Kier molecular flexibility index (Phi) is 5.08. The van der Waals surface area contributed by atoms with Crippen LogP contribution in [0.5, 0.6) is 11.5 Å². The average molecular weight is 421 g/mol. The molecule has 0 aliphatic rings. The number of hydrogen-bond acceptors (Lipinski definition) is 2. The number of aromatic hydroxyl groups is 2. The second kappa shape index (κ2) is 7.55. The molecule has 146 valence electrons. The van der Waals surface area contributed by atoms with Crippen LogP contribution in [0.4, 0.5) is 0 Å². The van der Waals surface area contributed by atoms with E-state index in [4.69, 9.17) is 11.2 Å². The van der Waals surface area contributed by atoms with Gasteiger partial charge in [0.05, 0.1) is 0 Å². The Morgan fingerprint density at radius 2 is 1.00 bits per heavy atom. The summed E-state index contributed by atoms with van der Waals surface area (Å²) in [6.07, 6.45) is 0.428. The summed E-state index contributed by atoms with van der Waals surface area (Å²) >= 11 is 7.98. The van der Waals surface area contributed by atoms with Crippen molar-refractivity contribution in [1.82, 2.24) is 0 Å². The van der Waals surface area contributed by atoms with Crippen LogP contribution in [-0.4, -0.2) is 10.2 Å². The Balaban J connectivity index is 2.09. The second-order valence-electron chi connectivity index (χ2n) is 7.16. The van der Waals surface area contributed by atoms with Gasteiger partial charge in [-0.3, -0.25) is 0 Å². The molecular formula is C25H22ClO2P. The van der Waals surface area contributed by atoms with Crippen LogP contribution in [0.3, 0.4) is 0 Å². The zero-order chi connectivity index (χ0) is 20.3. The molecule has 0 aliphatic carbocycles. The SMILES string of the molecule is Oc1ccc(CP(Cl)(c2ccccc2)(c2ccccc2)c2ccccc2)c(O)c1. The van der Waals surface area contributed by atoms with Crippen molar-refractivity contribution in [3.8, 4) is 11.5 Å². The van der Waals surface area contributed by atoms with E-state index < -0.39 is 5.96 Å². The first-order chi connectivity index (χ1) is 14.0. The van der Waals surface area contributed by atoms with Crippen LogP contribution in [0.25, 0.3) is 0 Å². The minimum absolute atomic E-state index is 0.0280. The van der Waals surface area contributed by atoms with Gasteiger partial charge in [-0.15, -0.1) is 0 Å². The fraction of sp³-hybridized carbons (Fsp3) is 0.0400. The molecule has 2 N–H and O–H groups in total. The fourth-order valence-corrected chi connectivity index (χ4v) is 10.1. The van der Waals surface area contributed by atoms with E-state index in [0.29, 0.717) is 11.7 Å². The van der Waals surface area contributed by atoms with Gasteiger partial charge in [-0.1, -0.05) is 0 Å². The van der Waals surface area contributed by atoms with E-state index in [1.54, 1.807) is 12.1 Å². The molecule has 29 heavy (non-hydrogen) atoms. The van der Waals surface area contributed by atoms with Gasteiger partial charge in [-0.05, 0) is 0 Å². The van der Waals surface area contributed by atoms with Crippen LogP contribution >= 0.6 is 17.2 Å². The van der Waals surface area contributed by atoms with Crippen molar-refractivity contribution in [3.63, 3.8) is 0 Å². The maximum atomic E-state index is 10.6. The molecule has 0 atom stereocenters. The van der Waals surface area contributed by atoms with Crippen molar-refractivity contribution < 1.29 is 10.2 Å². The van der Waals surface area contributed by atoms with Crippen LogP contribution in [0.2, 0.25) is 0 Å². The van der Waals surface area contributed by atoms with Crippen LogP contribution in [-0.2, 0) is 6.16 Å². The van der Waals surface area contributed by atoms with E-state index in [1.165, 1.54) is 6.07 Å². The predicted octanol–water partition coefficient (Wildman–Crippen LogP) is 5.28. The predicted molar refractivity (Wildman–Crippen MR) is 124 cm³/mol. The number of halogens is 1. The van der Waals surface area contributed by atoms with Gasteiger partial charge < -0.3 is 0 Å². The topological polar surface area (TPSA) is 40.5 Å². The third-order valence-electron chi connectivity index (χ3n) is 5.42. The first-order valence-electron chi connectivity index (χ1n) is 9.43. The van der Waals surface area contributed by atoms with Crippen LogP contribution in [0.1, 0.15) is 5.56 Å². The number of benzene rings is 4. The Bertz CT molecular complexity index is 1020. The molecule has 0 saturated carbocycles. The Labute approximate surface area is 175 Å². The molecule has 4 heteroatoms. The molecule has 0 radical (unpaired) electrons. The van der Waals surface area contributed by atoms with Gasteiger partial charge in [0.1, 0.15) is 0 Å². The summed E-state index contributed by atoms with van der Waals surface area (Å²) < 4.78 is 0. The van der Waals surface area contributed by atoms with E-state index in [0.717, 1.165) is 15.9 Å². The molecule has 0 heterocycles. The molecule has 4 rings (SSSR count). The Morgan fingerprint density at radius 1 is 0.586 bits per heavy atom. The van der Waals surface area contributed by atoms with Crippen LogP contribution < -0.4 is 15.9 Å². The van der Waals surface area contributed by atoms with E-state index >= 15 is 0 Å². The normalized spacial score (nSPS) is 12.8. The number of hydrogen-bond donors (Lipinski definition) is 2. The van der Waals surface area contributed by atoms with Gasteiger partial charge in [-0.2, -0.15) is 0 Å². The van der Waals surface area contributed by atoms with Crippen molar-refractivity contribution in [1.29, 1.82) is 0 Å². The third-order valence-corrected chi connectivity index (χ3v) is 12.6. The summed E-state index contributed by atoms with van der Waals surface area (Å²) in [5.41, 5.74) is 0.701. The molecule has 0 unspecified atom stereocenters. The first kappa shape index (κ1) is 19.5. The van der Waals surface area contributed by atoms with E-state index in [2.05, 4.69) is 36.4 Å². The molecule has 0 bridgehead atoms. The zero-order valence-electron chi connectivity index (χ0n) is 15.8. The summed E-state index contributed by atoms with van der Waals surface area (Å²) in [5.74, 6) is -3.43. The standard InChI is InChI=1S/C25H22ClO2P/c26-29(22-10-4-1-5-11-22,23-12-6-2-7-13-23,24-14-8-3-9-15-24)19-20-16-17-21(27)18-25(20)28/h1-18,27-28H,19H2. The van der Waals surface area contributed by atoms with Crippen LogP contribution in [0, 0.1) is 0 Å². The monoisotopic (exact) mass is 420 g/mol. The molecular weight excluding hydrogens is 399 g/mol. The summed E-state index contributed by atoms with van der Waals surface area (Å²) in [6.45, 7) is 0. The average Bonchev–Trinajstić information content (AvgIpc) is 2.78. The van der Waals surface area contributed by atoms with Gasteiger partial charge in [0.2, 0.25) is 0 Å². The van der Waals surface area contributed by atoms with Crippen molar-refractivity contribution >= 4 is 33.1 Å². The van der Waals surface area contributed by atoms with Crippen molar-refractivity contribution in [3.05, 3.63) is 115 Å². The Hall–Kier alpha value is -2.80. The van der Waals surface area contributed by atoms with Crippen molar-refractivity contribution in [2.45, 2.75) is 6.16 Å². The van der Waals surface area contributed by atoms with Gasteiger partial charge in [0.25, 0.3) is 0 Å². The molecule has 0 aromatic heterocycles. The molecule has 2 nitrogen and oxygen atoms in total. The Morgan fingerprint density at radius 3 is 1.38 bits per heavy atom. The molecule has 0 fully saturated rings. The minimum atomic E-state index is -3.50. The third kappa shape index (κ3) is 3.29. The van der Waals surface area contributed by atoms with E-state index in [1.807, 2.05) is 54.6 Å². The van der Waals surface area contributed by atoms with E-state index in [9.17, 15) is 10.2 Å². The number of phenols is 2. The number of rotatable bonds is 5.